The lowest BCUT2D eigenvalue weighted by atomic mass is 10.1. The molecule has 2 amide bonds. The molecule has 0 saturated heterocycles. The number of nitrogens with one attached hydrogen (secondary N) is 2. The van der Waals surface area contributed by atoms with Gasteiger partial charge < -0.3 is 15.7 Å². The predicted molar refractivity (Wildman–Crippen MR) is 81.3 cm³/mol. The van der Waals surface area contributed by atoms with E-state index < -0.39 is 11.8 Å². The van der Waals surface area contributed by atoms with E-state index in [1.807, 2.05) is 26.0 Å². The van der Waals surface area contributed by atoms with Crippen LogP contribution in [-0.2, 0) is 9.59 Å². The molecule has 5 heteroatoms. The molecule has 0 spiro atoms. The van der Waals surface area contributed by atoms with Gasteiger partial charge in [-0.1, -0.05) is 18.2 Å². The number of benzene rings is 2. The Morgan fingerprint density at radius 3 is 2.33 bits per heavy atom. The van der Waals surface area contributed by atoms with E-state index in [-0.39, 0.29) is 5.75 Å². The highest BCUT2D eigenvalue weighted by Gasteiger charge is 2.15. The highest BCUT2D eigenvalue weighted by molar-refractivity contribution is 6.43. The van der Waals surface area contributed by atoms with Gasteiger partial charge in [-0.15, -0.1) is 0 Å². The zero-order valence-corrected chi connectivity index (χ0v) is 11.8. The molecule has 0 unspecified atom stereocenters. The number of phenols is 1. The standard InChI is InChI=1S/C16H16N2O3/c1-10-5-3-8-14(11(10)2)18-16(21)15(20)17-12-6-4-7-13(19)9-12/h3-9,19H,1-2H3,(H,17,20)(H,18,21). The zero-order chi connectivity index (χ0) is 15.4. The number of hydrogen-bond acceptors (Lipinski definition) is 3. The van der Waals surface area contributed by atoms with Gasteiger partial charge in [-0.2, -0.15) is 0 Å². The van der Waals surface area contributed by atoms with Gasteiger partial charge >= 0.3 is 11.8 Å². The fraction of sp³-hybridized carbons (Fsp3) is 0.125. The van der Waals surface area contributed by atoms with Crippen LogP contribution in [0.2, 0.25) is 0 Å². The summed E-state index contributed by atoms with van der Waals surface area (Å²) in [5.41, 5.74) is 2.90. The average Bonchev–Trinajstić information content (AvgIpc) is 2.44. The first-order valence-corrected chi connectivity index (χ1v) is 6.45. The summed E-state index contributed by atoms with van der Waals surface area (Å²) in [5.74, 6) is -1.53. The summed E-state index contributed by atoms with van der Waals surface area (Å²) >= 11 is 0. The van der Waals surface area contributed by atoms with E-state index in [0.29, 0.717) is 11.4 Å². The first-order chi connectivity index (χ1) is 9.97. The second-order valence-electron chi connectivity index (χ2n) is 4.71. The maximum Gasteiger partial charge on any atom is 0.314 e. The number of rotatable bonds is 2. The number of aromatic hydroxyl groups is 1. The molecule has 0 aliphatic carbocycles. The lowest BCUT2D eigenvalue weighted by Gasteiger charge is -2.10. The van der Waals surface area contributed by atoms with Crippen LogP contribution in [0.4, 0.5) is 11.4 Å². The van der Waals surface area contributed by atoms with Gasteiger partial charge in [-0.3, -0.25) is 9.59 Å². The molecule has 0 aliphatic heterocycles. The van der Waals surface area contributed by atoms with Crippen molar-refractivity contribution in [2.24, 2.45) is 0 Å². The molecule has 2 rings (SSSR count). The van der Waals surface area contributed by atoms with E-state index in [1.165, 1.54) is 12.1 Å². The van der Waals surface area contributed by atoms with Gasteiger partial charge in [0, 0.05) is 17.4 Å². The topological polar surface area (TPSA) is 78.4 Å². The fourth-order valence-electron chi connectivity index (χ4n) is 1.84. The second kappa shape index (κ2) is 6.09. The first-order valence-electron chi connectivity index (χ1n) is 6.45. The average molecular weight is 284 g/mol. The van der Waals surface area contributed by atoms with Gasteiger partial charge in [0.25, 0.3) is 0 Å². The molecule has 0 aromatic heterocycles. The molecule has 108 valence electrons. The van der Waals surface area contributed by atoms with Crippen LogP contribution in [0.1, 0.15) is 11.1 Å². The Kier molecular flexibility index (Phi) is 4.23. The van der Waals surface area contributed by atoms with E-state index in [1.54, 1.807) is 18.2 Å². The lowest BCUT2D eigenvalue weighted by molar-refractivity contribution is -0.133. The number of aryl methyl sites for hydroxylation is 1. The van der Waals surface area contributed by atoms with Gasteiger partial charge in [-0.05, 0) is 43.2 Å². The molecule has 5 nitrogen and oxygen atoms in total. The van der Waals surface area contributed by atoms with Crippen LogP contribution in [0.15, 0.2) is 42.5 Å². The molecule has 0 bridgehead atoms. The van der Waals surface area contributed by atoms with Crippen molar-refractivity contribution in [1.82, 2.24) is 0 Å². The lowest BCUT2D eigenvalue weighted by Crippen LogP contribution is -2.29. The molecule has 0 radical (unpaired) electrons. The third-order valence-corrected chi connectivity index (χ3v) is 3.16. The number of amides is 2. The quantitative estimate of drug-likeness (QED) is 0.742. The third kappa shape index (κ3) is 3.60. The van der Waals surface area contributed by atoms with Crippen LogP contribution in [0.3, 0.4) is 0 Å². The molecule has 0 atom stereocenters. The maximum atomic E-state index is 11.9. The van der Waals surface area contributed by atoms with Crippen LogP contribution in [0.25, 0.3) is 0 Å². The monoisotopic (exact) mass is 284 g/mol. The number of anilines is 2. The summed E-state index contributed by atoms with van der Waals surface area (Å²) < 4.78 is 0. The van der Waals surface area contributed by atoms with Crippen molar-refractivity contribution in [3.8, 4) is 5.75 Å². The minimum Gasteiger partial charge on any atom is -0.508 e. The summed E-state index contributed by atoms with van der Waals surface area (Å²) in [6, 6.07) is 11.5. The Morgan fingerprint density at radius 1 is 0.952 bits per heavy atom. The van der Waals surface area contributed by atoms with Crippen molar-refractivity contribution in [3.05, 3.63) is 53.6 Å². The molecular formula is C16H16N2O3. The van der Waals surface area contributed by atoms with Gasteiger partial charge in [0.1, 0.15) is 5.75 Å². The van der Waals surface area contributed by atoms with Crippen LogP contribution in [0.5, 0.6) is 5.75 Å². The Hall–Kier alpha value is -2.82. The van der Waals surface area contributed by atoms with Crippen LogP contribution >= 0.6 is 0 Å². The molecule has 2 aromatic rings. The Labute approximate surface area is 122 Å². The van der Waals surface area contributed by atoms with Gasteiger partial charge in [0.05, 0.1) is 0 Å². The van der Waals surface area contributed by atoms with Crippen molar-refractivity contribution in [3.63, 3.8) is 0 Å². The van der Waals surface area contributed by atoms with E-state index in [9.17, 15) is 14.7 Å². The van der Waals surface area contributed by atoms with Crippen LogP contribution in [0, 0.1) is 13.8 Å². The first kappa shape index (κ1) is 14.6. The number of hydrogen-bond donors (Lipinski definition) is 3. The summed E-state index contributed by atoms with van der Waals surface area (Å²) in [5, 5.41) is 14.3. The van der Waals surface area contributed by atoms with Gasteiger partial charge in [0.15, 0.2) is 0 Å². The van der Waals surface area contributed by atoms with Gasteiger partial charge in [0.2, 0.25) is 0 Å². The van der Waals surface area contributed by atoms with E-state index in [4.69, 9.17) is 0 Å². The summed E-state index contributed by atoms with van der Waals surface area (Å²) in [7, 11) is 0. The number of carbonyl (C=O) groups is 2. The molecule has 21 heavy (non-hydrogen) atoms. The van der Waals surface area contributed by atoms with E-state index >= 15 is 0 Å². The fourth-order valence-corrected chi connectivity index (χ4v) is 1.84. The molecule has 0 heterocycles. The Morgan fingerprint density at radius 2 is 1.62 bits per heavy atom. The number of phenolic OH excluding ortho intramolecular Hbond substituents is 1. The predicted octanol–water partition coefficient (Wildman–Crippen LogP) is 2.59. The molecule has 3 N–H and O–H groups in total. The Bertz CT molecular complexity index is 696. The zero-order valence-electron chi connectivity index (χ0n) is 11.8. The van der Waals surface area contributed by atoms with Crippen molar-refractivity contribution >= 4 is 23.2 Å². The highest BCUT2D eigenvalue weighted by atomic mass is 16.3. The summed E-state index contributed by atoms with van der Waals surface area (Å²) in [6.45, 7) is 3.80. The molecule has 0 aliphatic rings. The largest absolute Gasteiger partial charge is 0.508 e. The van der Waals surface area contributed by atoms with Crippen molar-refractivity contribution < 1.29 is 14.7 Å². The van der Waals surface area contributed by atoms with E-state index in [0.717, 1.165) is 11.1 Å². The molecule has 0 saturated carbocycles. The normalized spacial score (nSPS) is 10.0. The van der Waals surface area contributed by atoms with E-state index in [2.05, 4.69) is 10.6 Å². The van der Waals surface area contributed by atoms with Crippen LogP contribution < -0.4 is 10.6 Å². The van der Waals surface area contributed by atoms with Crippen molar-refractivity contribution in [2.75, 3.05) is 10.6 Å². The minimum absolute atomic E-state index is 0.0164. The molecular weight excluding hydrogens is 268 g/mol. The van der Waals surface area contributed by atoms with Crippen molar-refractivity contribution in [1.29, 1.82) is 0 Å². The second-order valence-corrected chi connectivity index (χ2v) is 4.71. The Balaban J connectivity index is 2.06. The summed E-state index contributed by atoms with van der Waals surface area (Å²) in [4.78, 5) is 23.7. The molecule has 2 aromatic carbocycles. The summed E-state index contributed by atoms with van der Waals surface area (Å²) in [6.07, 6.45) is 0. The number of carbonyl (C=O) groups excluding carboxylic acids is 2. The molecule has 0 fully saturated rings. The smallest absolute Gasteiger partial charge is 0.314 e. The SMILES string of the molecule is Cc1cccc(NC(=O)C(=O)Nc2cccc(O)c2)c1C. The van der Waals surface area contributed by atoms with Crippen molar-refractivity contribution in [2.45, 2.75) is 13.8 Å². The van der Waals surface area contributed by atoms with Gasteiger partial charge in [-0.25, -0.2) is 0 Å². The third-order valence-electron chi connectivity index (χ3n) is 3.16. The van der Waals surface area contributed by atoms with Crippen LogP contribution in [-0.4, -0.2) is 16.9 Å². The minimum atomic E-state index is -0.790. The maximum absolute atomic E-state index is 11.9. The highest BCUT2D eigenvalue weighted by Crippen LogP contribution is 2.18.